The number of anilines is 1. The van der Waals surface area contributed by atoms with Crippen LogP contribution in [-0.4, -0.2) is 43.3 Å². The SMILES string of the molecule is CC(C)(C)NC(=O)[C@H](Cc1ccccc1)N(Cc1ccccc1F)C(=O)CCCN1c2cccc3cccc(c23)S1(=O)=O. The molecule has 0 unspecified atom stereocenters. The van der Waals surface area contributed by atoms with Gasteiger partial charge in [0.1, 0.15) is 11.9 Å². The molecule has 0 saturated heterocycles. The molecule has 0 spiro atoms. The Labute approximate surface area is 252 Å². The van der Waals surface area contributed by atoms with Gasteiger partial charge in [0.2, 0.25) is 11.8 Å². The topological polar surface area (TPSA) is 86.8 Å². The molecule has 0 aromatic heterocycles. The second-order valence-corrected chi connectivity index (χ2v) is 13.7. The van der Waals surface area contributed by atoms with Crippen LogP contribution in [0, 0.1) is 5.82 Å². The van der Waals surface area contributed by atoms with Gasteiger partial charge >= 0.3 is 0 Å². The molecule has 0 radical (unpaired) electrons. The number of carbonyl (C=O) groups excluding carboxylic acids is 2. The van der Waals surface area contributed by atoms with Gasteiger partial charge in [-0.3, -0.25) is 13.9 Å². The van der Waals surface area contributed by atoms with Crippen LogP contribution >= 0.6 is 0 Å². The zero-order chi connectivity index (χ0) is 30.8. The molecule has 2 amide bonds. The summed E-state index contributed by atoms with van der Waals surface area (Å²) in [4.78, 5) is 29.3. The fraction of sp³-hybridized carbons (Fsp3) is 0.294. The molecular formula is C34H36FN3O4S. The minimum atomic E-state index is -3.77. The smallest absolute Gasteiger partial charge is 0.265 e. The number of halogens is 1. The Morgan fingerprint density at radius 2 is 1.58 bits per heavy atom. The standard InChI is InChI=1S/C34H36FN3O4S/c1-34(2,3)36-33(40)29(22-24-12-5-4-6-13-24)37(23-26-14-7-8-17-27(26)35)31(39)20-11-21-38-28-18-9-15-25-16-10-19-30(32(25)28)43(38,41)42/h4-10,12-19,29H,11,20-23H2,1-3H3,(H,36,40)/t29-/m0/s1. The predicted octanol–water partition coefficient (Wildman–Crippen LogP) is 5.82. The number of hydrogen-bond donors (Lipinski definition) is 1. The van der Waals surface area contributed by atoms with Crippen LogP contribution in [0.3, 0.4) is 0 Å². The number of sulfonamides is 1. The van der Waals surface area contributed by atoms with Crippen molar-refractivity contribution in [1.82, 2.24) is 10.2 Å². The maximum Gasteiger partial charge on any atom is 0.265 e. The van der Waals surface area contributed by atoms with Crippen LogP contribution in [0.1, 0.15) is 44.7 Å². The zero-order valence-corrected chi connectivity index (χ0v) is 25.4. The van der Waals surface area contributed by atoms with Crippen molar-refractivity contribution in [1.29, 1.82) is 0 Å². The summed E-state index contributed by atoms with van der Waals surface area (Å²) in [5, 5.41) is 4.51. The van der Waals surface area contributed by atoms with Crippen LogP contribution in [0.4, 0.5) is 10.1 Å². The van der Waals surface area contributed by atoms with Gasteiger partial charge in [-0.15, -0.1) is 0 Å². The minimum Gasteiger partial charge on any atom is -0.350 e. The summed E-state index contributed by atoms with van der Waals surface area (Å²) in [6.45, 7) is 5.58. The maximum atomic E-state index is 14.8. The molecule has 9 heteroatoms. The second-order valence-electron chi connectivity index (χ2n) is 11.9. The van der Waals surface area contributed by atoms with E-state index >= 15 is 0 Å². The lowest BCUT2D eigenvalue weighted by molar-refractivity contribution is -0.142. The van der Waals surface area contributed by atoms with Gasteiger partial charge in [0, 0.05) is 42.4 Å². The number of hydrogen-bond acceptors (Lipinski definition) is 4. The lowest BCUT2D eigenvalue weighted by atomic mass is 10.00. The molecule has 5 rings (SSSR count). The Kier molecular flexibility index (Phi) is 8.55. The van der Waals surface area contributed by atoms with E-state index < -0.39 is 27.4 Å². The summed E-state index contributed by atoms with van der Waals surface area (Å²) in [7, 11) is -3.77. The highest BCUT2D eigenvalue weighted by Crippen LogP contribution is 2.42. The normalized spacial score (nSPS) is 14.5. The first-order valence-corrected chi connectivity index (χ1v) is 15.8. The van der Waals surface area contributed by atoms with Gasteiger partial charge in [0.05, 0.1) is 10.6 Å². The van der Waals surface area contributed by atoms with Gasteiger partial charge in [0.15, 0.2) is 0 Å². The first kappa shape index (κ1) is 30.2. The Bertz CT molecular complexity index is 1750. The van der Waals surface area contributed by atoms with Gasteiger partial charge in [-0.1, -0.05) is 72.8 Å². The predicted molar refractivity (Wildman–Crippen MR) is 166 cm³/mol. The Morgan fingerprint density at radius 3 is 2.28 bits per heavy atom. The van der Waals surface area contributed by atoms with E-state index in [0.717, 1.165) is 10.9 Å². The summed E-state index contributed by atoms with van der Waals surface area (Å²) in [6.07, 6.45) is 0.427. The van der Waals surface area contributed by atoms with Crippen molar-refractivity contribution in [2.24, 2.45) is 0 Å². The molecule has 1 aliphatic rings. The van der Waals surface area contributed by atoms with Crippen molar-refractivity contribution >= 4 is 38.3 Å². The molecule has 0 saturated carbocycles. The van der Waals surface area contributed by atoms with Gasteiger partial charge < -0.3 is 10.2 Å². The van der Waals surface area contributed by atoms with E-state index in [9.17, 15) is 22.4 Å². The maximum absolute atomic E-state index is 14.8. The van der Waals surface area contributed by atoms with E-state index in [2.05, 4.69) is 5.32 Å². The van der Waals surface area contributed by atoms with Crippen LogP contribution in [0.25, 0.3) is 10.8 Å². The monoisotopic (exact) mass is 601 g/mol. The van der Waals surface area contributed by atoms with Crippen molar-refractivity contribution in [2.75, 3.05) is 10.8 Å². The van der Waals surface area contributed by atoms with Gasteiger partial charge in [-0.2, -0.15) is 0 Å². The summed E-state index contributed by atoms with van der Waals surface area (Å²) >= 11 is 0. The summed E-state index contributed by atoms with van der Waals surface area (Å²) in [5.41, 5.74) is 1.19. The number of carbonyl (C=O) groups is 2. The summed E-state index contributed by atoms with van der Waals surface area (Å²) in [6, 6.07) is 25.3. The highest BCUT2D eigenvalue weighted by Gasteiger charge is 2.36. The van der Waals surface area contributed by atoms with Crippen molar-refractivity contribution < 1.29 is 22.4 Å². The lowest BCUT2D eigenvalue weighted by Gasteiger charge is -2.34. The van der Waals surface area contributed by atoms with E-state index in [1.807, 2.05) is 69.3 Å². The first-order chi connectivity index (χ1) is 20.5. The minimum absolute atomic E-state index is 0.0269. The van der Waals surface area contributed by atoms with Gasteiger partial charge in [-0.25, -0.2) is 12.8 Å². The van der Waals surface area contributed by atoms with Crippen LogP contribution < -0.4 is 9.62 Å². The molecule has 4 aromatic rings. The quantitative estimate of drug-likeness (QED) is 0.248. The number of nitrogens with zero attached hydrogens (tertiary/aromatic N) is 2. The molecule has 43 heavy (non-hydrogen) atoms. The Balaban J connectivity index is 1.41. The second kappa shape index (κ2) is 12.2. The Morgan fingerprint density at radius 1 is 0.907 bits per heavy atom. The highest BCUT2D eigenvalue weighted by atomic mass is 32.2. The van der Waals surface area contributed by atoms with Crippen LogP contribution in [0.5, 0.6) is 0 Å². The van der Waals surface area contributed by atoms with Gasteiger partial charge in [-0.05, 0) is 56.3 Å². The largest absolute Gasteiger partial charge is 0.350 e. The Hall–Kier alpha value is -4.24. The van der Waals surface area contributed by atoms with Gasteiger partial charge in [0.25, 0.3) is 10.0 Å². The average Bonchev–Trinajstić information content (AvgIpc) is 3.18. The number of benzene rings is 4. The lowest BCUT2D eigenvalue weighted by Crippen LogP contribution is -2.54. The molecule has 224 valence electrons. The third kappa shape index (κ3) is 6.57. The molecule has 1 atom stereocenters. The third-order valence-electron chi connectivity index (χ3n) is 7.50. The van der Waals surface area contributed by atoms with E-state index in [4.69, 9.17) is 0 Å². The van der Waals surface area contributed by atoms with Crippen LogP contribution in [0.15, 0.2) is 95.9 Å². The van der Waals surface area contributed by atoms with E-state index in [-0.39, 0.29) is 49.1 Å². The first-order valence-electron chi connectivity index (χ1n) is 14.4. The fourth-order valence-corrected chi connectivity index (χ4v) is 7.28. The average molecular weight is 602 g/mol. The zero-order valence-electron chi connectivity index (χ0n) is 24.6. The molecule has 4 aromatic carbocycles. The summed E-state index contributed by atoms with van der Waals surface area (Å²) < 4.78 is 43.0. The molecule has 0 aliphatic carbocycles. The number of rotatable bonds is 10. The molecule has 0 fully saturated rings. The fourth-order valence-electron chi connectivity index (χ4n) is 5.53. The molecule has 1 heterocycles. The molecule has 0 bridgehead atoms. The van der Waals surface area contributed by atoms with Crippen molar-refractivity contribution in [3.8, 4) is 0 Å². The molecule has 1 N–H and O–H groups in total. The van der Waals surface area contributed by atoms with Crippen LogP contribution in [0.2, 0.25) is 0 Å². The number of amides is 2. The van der Waals surface area contributed by atoms with Crippen molar-refractivity contribution in [3.63, 3.8) is 0 Å². The molecule has 7 nitrogen and oxygen atoms in total. The van der Waals surface area contributed by atoms with E-state index in [1.165, 1.54) is 15.3 Å². The van der Waals surface area contributed by atoms with Crippen LogP contribution in [-0.2, 0) is 32.6 Å². The summed E-state index contributed by atoms with van der Waals surface area (Å²) in [5.74, 6) is -1.17. The third-order valence-corrected chi connectivity index (χ3v) is 9.36. The van der Waals surface area contributed by atoms with E-state index in [0.29, 0.717) is 16.6 Å². The van der Waals surface area contributed by atoms with Crippen molar-refractivity contribution in [2.45, 2.75) is 63.1 Å². The van der Waals surface area contributed by atoms with E-state index in [1.54, 1.807) is 36.4 Å². The molecule has 1 aliphatic heterocycles. The molecular weight excluding hydrogens is 565 g/mol. The highest BCUT2D eigenvalue weighted by molar-refractivity contribution is 7.93. The number of nitrogens with one attached hydrogen (secondary N) is 1. The van der Waals surface area contributed by atoms with Crippen molar-refractivity contribution in [3.05, 3.63) is 108 Å².